The number of ether oxygens (including phenoxy) is 1. The first-order chi connectivity index (χ1) is 15.7. The molecule has 0 atom stereocenters. The monoisotopic (exact) mass is 545 g/mol. The summed E-state index contributed by atoms with van der Waals surface area (Å²) in [6.07, 6.45) is 8.33. The Kier molecular flexibility index (Phi) is 15.6. The Balaban J connectivity index is 0.000000514. The van der Waals surface area contributed by atoms with Gasteiger partial charge < -0.3 is 9.84 Å². The molecule has 0 aliphatic heterocycles. The molecule has 2 nitrogen and oxygen atoms in total. The van der Waals surface area contributed by atoms with E-state index in [0.717, 1.165) is 12.0 Å². The summed E-state index contributed by atoms with van der Waals surface area (Å²) in [4.78, 5) is 0. The van der Waals surface area contributed by atoms with Gasteiger partial charge in [0, 0.05) is 6.07 Å². The molecule has 0 unspecified atom stereocenters. The first-order valence-corrected chi connectivity index (χ1v) is 11.8. The first kappa shape index (κ1) is 32.9. The van der Waals surface area contributed by atoms with Crippen LogP contribution in [-0.4, -0.2) is 16.0 Å². The SMILES string of the molecule is CC1=[C-]CC=C1.COc1cc(O)cc(C(C)(C)C)c1.Cl.Cl.[Ti+]=[C](c1ccccc1)c1ccccc1. The van der Waals surface area contributed by atoms with Gasteiger partial charge in [-0.25, -0.2) is 11.6 Å². The molecule has 0 fully saturated rings. The van der Waals surface area contributed by atoms with Gasteiger partial charge in [0.15, 0.2) is 0 Å². The summed E-state index contributed by atoms with van der Waals surface area (Å²) in [5.74, 6) is 0.953. The second kappa shape index (κ2) is 16.6. The molecule has 0 bridgehead atoms. The van der Waals surface area contributed by atoms with Gasteiger partial charge >= 0.3 is 95.6 Å². The Morgan fingerprint density at radius 3 is 1.74 bits per heavy atom. The van der Waals surface area contributed by atoms with Gasteiger partial charge in [0.05, 0.1) is 7.11 Å². The number of benzene rings is 3. The fourth-order valence-electron chi connectivity index (χ4n) is 3.03. The van der Waals surface area contributed by atoms with Gasteiger partial charge in [-0.2, -0.15) is 6.08 Å². The van der Waals surface area contributed by atoms with Crippen molar-refractivity contribution in [2.24, 2.45) is 0 Å². The van der Waals surface area contributed by atoms with E-state index in [2.05, 4.69) is 114 Å². The first-order valence-electron chi connectivity index (χ1n) is 11.0. The van der Waals surface area contributed by atoms with Crippen molar-refractivity contribution < 1.29 is 29.8 Å². The van der Waals surface area contributed by atoms with E-state index in [4.69, 9.17) is 4.74 Å². The average Bonchev–Trinajstić information content (AvgIpc) is 3.30. The molecule has 0 saturated heterocycles. The van der Waals surface area contributed by atoms with Crippen LogP contribution < -0.4 is 4.74 Å². The number of halogens is 2. The van der Waals surface area contributed by atoms with Crippen LogP contribution in [0.25, 0.3) is 0 Å². The zero-order valence-electron chi connectivity index (χ0n) is 21.0. The average molecular weight is 546 g/mol. The van der Waals surface area contributed by atoms with Crippen molar-refractivity contribution in [1.82, 2.24) is 0 Å². The van der Waals surface area contributed by atoms with E-state index in [9.17, 15) is 5.11 Å². The predicted octanol–water partition coefficient (Wildman–Crippen LogP) is 8.04. The summed E-state index contributed by atoms with van der Waals surface area (Å²) >= 11 is 2.16. The van der Waals surface area contributed by atoms with Gasteiger partial charge in [-0.05, 0) is 23.1 Å². The van der Waals surface area contributed by atoms with Crippen LogP contribution in [0.1, 0.15) is 50.8 Å². The third kappa shape index (κ3) is 11.9. The molecule has 5 heteroatoms. The molecule has 1 aliphatic rings. The quantitative estimate of drug-likeness (QED) is 0.266. The van der Waals surface area contributed by atoms with Crippen LogP contribution in [0, 0.1) is 6.08 Å². The third-order valence-corrected chi connectivity index (χ3v) is 5.89. The van der Waals surface area contributed by atoms with Gasteiger partial charge in [0.2, 0.25) is 0 Å². The molecule has 0 aromatic heterocycles. The topological polar surface area (TPSA) is 29.5 Å². The van der Waals surface area contributed by atoms with Gasteiger partial charge in [0.25, 0.3) is 0 Å². The molecule has 1 aliphatic carbocycles. The molecule has 35 heavy (non-hydrogen) atoms. The number of aromatic hydroxyl groups is 1. The van der Waals surface area contributed by atoms with E-state index in [-0.39, 0.29) is 36.0 Å². The van der Waals surface area contributed by atoms with E-state index in [1.807, 2.05) is 18.2 Å². The van der Waals surface area contributed by atoms with Gasteiger partial charge in [-0.3, -0.25) is 6.08 Å². The van der Waals surface area contributed by atoms with Crippen molar-refractivity contribution in [3.05, 3.63) is 119 Å². The molecule has 0 spiro atoms. The van der Waals surface area contributed by atoms with Crippen LogP contribution >= 0.6 is 24.8 Å². The second-order valence-corrected chi connectivity index (χ2v) is 9.52. The van der Waals surface area contributed by atoms with Gasteiger partial charge in [-0.1, -0.05) is 27.7 Å². The summed E-state index contributed by atoms with van der Waals surface area (Å²) in [5.41, 5.74) is 4.96. The molecule has 185 valence electrons. The maximum atomic E-state index is 9.41. The third-order valence-electron chi connectivity index (χ3n) is 4.98. The summed E-state index contributed by atoms with van der Waals surface area (Å²) in [6, 6.07) is 26.3. The molecule has 0 heterocycles. The summed E-state index contributed by atoms with van der Waals surface area (Å²) in [6.45, 7) is 8.35. The Bertz CT molecular complexity index is 1040. The summed E-state index contributed by atoms with van der Waals surface area (Å²) in [5, 5.41) is 9.41. The number of phenolic OH excluding ortho intramolecular Hbond substituents is 1. The van der Waals surface area contributed by atoms with Crippen LogP contribution in [0.3, 0.4) is 0 Å². The minimum absolute atomic E-state index is 0. The molecule has 3 aromatic rings. The van der Waals surface area contributed by atoms with Crippen LogP contribution in [0.2, 0.25) is 0 Å². The van der Waals surface area contributed by atoms with Crippen molar-refractivity contribution in [3.8, 4) is 11.5 Å². The predicted molar refractivity (Wildman–Crippen MR) is 150 cm³/mol. The van der Waals surface area contributed by atoms with Crippen molar-refractivity contribution in [3.63, 3.8) is 0 Å². The second-order valence-electron chi connectivity index (χ2n) is 8.74. The van der Waals surface area contributed by atoms with E-state index >= 15 is 0 Å². The fourth-order valence-corrected chi connectivity index (χ4v) is 3.55. The van der Waals surface area contributed by atoms with E-state index in [1.54, 1.807) is 19.2 Å². The molecular weight excluding hydrogens is 511 g/mol. The minimum atomic E-state index is 0. The van der Waals surface area contributed by atoms with Crippen molar-refractivity contribution in [2.45, 2.75) is 39.5 Å². The molecule has 1 N–H and O–H groups in total. The number of allylic oxidation sites excluding steroid dienone is 4. The van der Waals surface area contributed by atoms with Crippen LogP contribution in [0.5, 0.6) is 11.5 Å². The van der Waals surface area contributed by atoms with E-state index < -0.39 is 0 Å². The standard InChI is InChI=1S/C13H10.C11H16O2.C6H7.2ClH.Ti/c1-3-7-12(8-4-1)11-13-9-5-2-6-10-13;1-11(2,3)8-5-9(12)7-10(6-8)13-4;1-6-4-2-3-5-6;;;/h1-10H;5-7,12H,1-4H3;2,4H,3H2,1H3;2*1H;/q;;-1;;;+1. The Hall–Kier alpha value is -2.10. The summed E-state index contributed by atoms with van der Waals surface area (Å²) < 4.78 is 6.40. The maximum absolute atomic E-state index is 9.41. The van der Waals surface area contributed by atoms with Crippen LogP contribution in [-0.2, 0) is 25.4 Å². The van der Waals surface area contributed by atoms with Crippen molar-refractivity contribution >= 4 is 28.6 Å². The van der Waals surface area contributed by atoms with Crippen molar-refractivity contribution in [2.75, 3.05) is 7.11 Å². The number of methoxy groups -OCH3 is 1. The molecular formula is C30H35Cl2O2Ti. The Labute approximate surface area is 234 Å². The van der Waals surface area contributed by atoms with Crippen molar-refractivity contribution in [1.29, 1.82) is 0 Å². The van der Waals surface area contributed by atoms with Crippen LogP contribution in [0.15, 0.2) is 96.6 Å². The van der Waals surface area contributed by atoms with E-state index in [1.165, 1.54) is 20.5 Å². The Morgan fingerprint density at radius 2 is 1.40 bits per heavy atom. The zero-order chi connectivity index (χ0) is 24.3. The molecule has 3 aromatic carbocycles. The summed E-state index contributed by atoms with van der Waals surface area (Å²) in [7, 11) is 1.60. The van der Waals surface area contributed by atoms with E-state index in [0.29, 0.717) is 5.75 Å². The number of hydrogen-bond donors (Lipinski definition) is 1. The molecule has 4 rings (SSSR count). The van der Waals surface area contributed by atoms with Gasteiger partial charge in [-0.15, -0.1) is 31.2 Å². The van der Waals surface area contributed by atoms with Crippen LogP contribution in [0.4, 0.5) is 0 Å². The number of hydrogen-bond acceptors (Lipinski definition) is 2. The Morgan fingerprint density at radius 1 is 0.886 bits per heavy atom. The number of phenols is 1. The molecule has 0 amide bonds. The van der Waals surface area contributed by atoms with Gasteiger partial charge in [0.1, 0.15) is 11.5 Å². The zero-order valence-corrected chi connectivity index (χ0v) is 24.2. The molecule has 0 radical (unpaired) electrons. The number of rotatable bonds is 3. The molecule has 0 saturated carbocycles. The normalized spacial score (nSPS) is 11.3. The fraction of sp³-hybridized carbons (Fsp3) is 0.233.